The van der Waals surface area contributed by atoms with Crippen molar-refractivity contribution >= 4 is 11.9 Å². The van der Waals surface area contributed by atoms with Gasteiger partial charge in [0.1, 0.15) is 24.4 Å². The molecule has 10 nitrogen and oxygen atoms in total. The number of nitrogens with one attached hydrogen (secondary N) is 2. The zero-order valence-electron chi connectivity index (χ0n) is 32.0. The highest BCUT2D eigenvalue weighted by molar-refractivity contribution is 5.82. The van der Waals surface area contributed by atoms with Gasteiger partial charge in [-0.2, -0.15) is 0 Å². The van der Waals surface area contributed by atoms with Crippen LogP contribution in [0.2, 0.25) is 0 Å². The molecule has 0 aromatic rings. The molecule has 290 valence electrons. The molecule has 0 radical (unpaired) electrons. The summed E-state index contributed by atoms with van der Waals surface area (Å²) < 4.78 is 6.09. The number of hydrogen-bond donors (Lipinski definition) is 6. The van der Waals surface area contributed by atoms with Gasteiger partial charge in [-0.15, -0.1) is 0 Å². The number of ether oxygens (including phenoxy) is 1. The van der Waals surface area contributed by atoms with Crippen LogP contribution in [-0.2, 0) is 9.53 Å². The molecule has 0 aromatic carbocycles. The molecule has 0 aliphatic carbocycles. The lowest BCUT2D eigenvalue weighted by Crippen LogP contribution is -2.70. The second kappa shape index (κ2) is 29.2. The lowest BCUT2D eigenvalue weighted by atomic mass is 9.94. The summed E-state index contributed by atoms with van der Waals surface area (Å²) in [6.07, 6.45) is 21.7. The number of nitrogens with zero attached hydrogens (tertiary/aromatic N) is 1. The highest BCUT2D eigenvalue weighted by Gasteiger charge is 2.48. The fourth-order valence-corrected chi connectivity index (χ4v) is 6.78. The first kappa shape index (κ1) is 45.6. The van der Waals surface area contributed by atoms with Gasteiger partial charge in [-0.25, -0.2) is 4.79 Å². The second-order valence-corrected chi connectivity index (χ2v) is 15.0. The van der Waals surface area contributed by atoms with Crippen molar-refractivity contribution in [3.05, 3.63) is 0 Å². The Morgan fingerprint density at radius 3 is 1.61 bits per heavy atom. The minimum Gasteiger partial charge on any atom is -0.394 e. The van der Waals surface area contributed by atoms with Gasteiger partial charge in [0.2, 0.25) is 5.91 Å². The van der Waals surface area contributed by atoms with Crippen LogP contribution in [0.4, 0.5) is 4.79 Å². The number of aliphatic hydroxyl groups is 3. The Labute approximate surface area is 300 Å². The third-order valence-corrected chi connectivity index (χ3v) is 9.90. The van der Waals surface area contributed by atoms with Crippen LogP contribution in [0.5, 0.6) is 0 Å². The van der Waals surface area contributed by atoms with E-state index in [1.165, 1.54) is 101 Å². The third kappa shape index (κ3) is 20.2. The van der Waals surface area contributed by atoms with Crippen LogP contribution < -0.4 is 16.4 Å². The van der Waals surface area contributed by atoms with Crippen LogP contribution in [0.15, 0.2) is 0 Å². The van der Waals surface area contributed by atoms with Gasteiger partial charge in [0.25, 0.3) is 0 Å². The van der Waals surface area contributed by atoms with Crippen molar-refractivity contribution < 1.29 is 29.6 Å². The molecular weight excluding hydrogens is 620 g/mol. The van der Waals surface area contributed by atoms with Crippen molar-refractivity contribution in [3.8, 4) is 0 Å². The maximum Gasteiger partial charge on any atom is 0.319 e. The Bertz CT molecular complexity index is 818. The van der Waals surface area contributed by atoms with E-state index in [0.717, 1.165) is 44.9 Å². The molecular formula is C39H78N4O6. The number of urea groups is 1. The van der Waals surface area contributed by atoms with Crippen LogP contribution >= 0.6 is 0 Å². The van der Waals surface area contributed by atoms with Gasteiger partial charge in [0.05, 0.1) is 12.6 Å². The van der Waals surface area contributed by atoms with Gasteiger partial charge in [-0.05, 0) is 25.2 Å². The van der Waals surface area contributed by atoms with E-state index in [1.807, 2.05) is 13.8 Å². The first-order valence-electron chi connectivity index (χ1n) is 20.4. The molecule has 0 bridgehead atoms. The largest absolute Gasteiger partial charge is 0.394 e. The Morgan fingerprint density at radius 2 is 1.16 bits per heavy atom. The van der Waals surface area contributed by atoms with Gasteiger partial charge in [-0.1, -0.05) is 156 Å². The first-order valence-corrected chi connectivity index (χ1v) is 20.4. The van der Waals surface area contributed by atoms with Gasteiger partial charge in [0.15, 0.2) is 6.23 Å². The van der Waals surface area contributed by atoms with E-state index in [4.69, 9.17) is 10.5 Å². The molecule has 7 N–H and O–H groups in total. The molecule has 0 spiro atoms. The molecule has 1 rings (SSSR count). The predicted octanol–water partition coefficient (Wildman–Crippen LogP) is 6.92. The van der Waals surface area contributed by atoms with Crippen LogP contribution in [0.1, 0.15) is 175 Å². The number of aliphatic hydroxyl groups excluding tert-OH is 3. The van der Waals surface area contributed by atoms with E-state index < -0.39 is 49.1 Å². The first-order chi connectivity index (χ1) is 23.7. The number of nitrogens with two attached hydrogens (primary N) is 1. The zero-order chi connectivity index (χ0) is 36.3. The summed E-state index contributed by atoms with van der Waals surface area (Å²) >= 11 is 0. The van der Waals surface area contributed by atoms with Gasteiger partial charge in [-0.3, -0.25) is 9.69 Å². The quantitative estimate of drug-likeness (QED) is 0.0445. The van der Waals surface area contributed by atoms with Crippen molar-refractivity contribution in [1.29, 1.82) is 0 Å². The molecule has 0 unspecified atom stereocenters. The molecule has 0 saturated carbocycles. The summed E-state index contributed by atoms with van der Waals surface area (Å²) in [7, 11) is 0. The summed E-state index contributed by atoms with van der Waals surface area (Å²) in [4.78, 5) is 28.3. The Hall–Kier alpha value is -1.46. The van der Waals surface area contributed by atoms with E-state index in [-0.39, 0.29) is 11.9 Å². The summed E-state index contributed by atoms with van der Waals surface area (Å²) in [5.74, 6) is -0.288. The lowest BCUT2D eigenvalue weighted by molar-refractivity contribution is -0.224. The SMILES string of the molecule is CCCCCCCCCCCCCCN(C(=O)NCCCCCCCCCCCC)[C@@H]1O[C@H](CO)[C@@H](O)[C@H](O)[C@H]1NC(=O)[C@@H](N)CC(C)C. The third-order valence-electron chi connectivity index (χ3n) is 9.90. The molecule has 0 aromatic heterocycles. The minimum atomic E-state index is -1.45. The van der Waals surface area contributed by atoms with Crippen molar-refractivity contribution in [2.24, 2.45) is 11.7 Å². The topological polar surface area (TPSA) is 157 Å². The molecule has 1 aliphatic rings. The van der Waals surface area contributed by atoms with Crippen LogP contribution in [0.3, 0.4) is 0 Å². The van der Waals surface area contributed by atoms with E-state index >= 15 is 0 Å². The van der Waals surface area contributed by atoms with E-state index in [9.17, 15) is 24.9 Å². The number of amides is 3. The molecule has 1 heterocycles. The van der Waals surface area contributed by atoms with Crippen LogP contribution in [-0.4, -0.2) is 88.5 Å². The molecule has 1 saturated heterocycles. The smallest absolute Gasteiger partial charge is 0.319 e. The molecule has 6 atom stereocenters. The summed E-state index contributed by atoms with van der Waals surface area (Å²) in [5.41, 5.74) is 6.16. The average molecular weight is 699 g/mol. The highest BCUT2D eigenvalue weighted by Crippen LogP contribution is 2.25. The standard InChI is InChI=1S/C39H78N4O6/c1-5-7-9-11-13-15-17-18-20-22-24-26-28-43(39(48)41-27-25-23-21-19-16-14-12-10-8-6-2)38-34(36(46)35(45)33(30-44)49-38)42-37(47)32(40)29-31(3)4/h31-36,38,44-46H,5-30,40H2,1-4H3,(H,41,48)(H,42,47)/t32-,33+,34+,35+,36+,38+/m0/s1. The average Bonchev–Trinajstić information content (AvgIpc) is 3.07. The van der Waals surface area contributed by atoms with Crippen LogP contribution in [0, 0.1) is 5.92 Å². The van der Waals surface area contributed by atoms with Crippen molar-refractivity contribution in [1.82, 2.24) is 15.5 Å². The molecule has 3 amide bonds. The van der Waals surface area contributed by atoms with E-state index in [1.54, 1.807) is 0 Å². The lowest BCUT2D eigenvalue weighted by Gasteiger charge is -2.47. The van der Waals surface area contributed by atoms with Gasteiger partial charge in [0, 0.05) is 13.1 Å². The number of carbonyl (C=O) groups excluding carboxylic acids is 2. The second-order valence-electron chi connectivity index (χ2n) is 15.0. The van der Waals surface area contributed by atoms with Crippen molar-refractivity contribution in [2.45, 2.75) is 212 Å². The molecule has 1 fully saturated rings. The zero-order valence-corrected chi connectivity index (χ0v) is 32.0. The number of hydrogen-bond acceptors (Lipinski definition) is 7. The number of unbranched alkanes of at least 4 members (excludes halogenated alkanes) is 20. The fraction of sp³-hybridized carbons (Fsp3) is 0.949. The van der Waals surface area contributed by atoms with Crippen molar-refractivity contribution in [3.63, 3.8) is 0 Å². The van der Waals surface area contributed by atoms with Crippen LogP contribution in [0.25, 0.3) is 0 Å². The highest BCUT2D eigenvalue weighted by atomic mass is 16.5. The Morgan fingerprint density at radius 1 is 0.714 bits per heavy atom. The van der Waals surface area contributed by atoms with Crippen molar-refractivity contribution in [2.75, 3.05) is 19.7 Å². The maximum atomic E-state index is 13.7. The Balaban J connectivity index is 2.80. The molecule has 49 heavy (non-hydrogen) atoms. The maximum absolute atomic E-state index is 13.7. The monoisotopic (exact) mass is 699 g/mol. The number of carbonyl (C=O) groups is 2. The van der Waals surface area contributed by atoms with E-state index in [0.29, 0.717) is 19.5 Å². The normalized spacial score (nSPS) is 21.5. The summed E-state index contributed by atoms with van der Waals surface area (Å²) in [6, 6.07) is -2.26. The van der Waals surface area contributed by atoms with Gasteiger partial charge < -0.3 is 36.4 Å². The minimum absolute atomic E-state index is 0.187. The summed E-state index contributed by atoms with van der Waals surface area (Å²) in [5, 5.41) is 37.6. The molecule has 10 heteroatoms. The molecule has 1 aliphatic heterocycles. The summed E-state index contributed by atoms with van der Waals surface area (Å²) in [6.45, 7) is 8.76. The fourth-order valence-electron chi connectivity index (χ4n) is 6.78. The van der Waals surface area contributed by atoms with E-state index in [2.05, 4.69) is 24.5 Å². The Kier molecular flexibility index (Phi) is 27.1. The van der Waals surface area contributed by atoms with Gasteiger partial charge >= 0.3 is 6.03 Å². The number of rotatable bonds is 30. The predicted molar refractivity (Wildman–Crippen MR) is 200 cm³/mol.